The standard InChI is InChI=1S/C10H16O/c11-7-3-6-10-8-4-1-2-5-9(8)10/h7-10H,1-6H2. The van der Waals surface area contributed by atoms with Gasteiger partial charge < -0.3 is 4.79 Å². The first-order valence-corrected chi connectivity index (χ1v) is 4.87. The minimum Gasteiger partial charge on any atom is -0.303 e. The first-order chi connectivity index (χ1) is 5.43. The van der Waals surface area contributed by atoms with E-state index in [0.29, 0.717) is 0 Å². The van der Waals surface area contributed by atoms with Gasteiger partial charge >= 0.3 is 0 Å². The zero-order chi connectivity index (χ0) is 7.68. The van der Waals surface area contributed by atoms with Crippen molar-refractivity contribution in [2.24, 2.45) is 17.8 Å². The summed E-state index contributed by atoms with van der Waals surface area (Å²) in [7, 11) is 0. The third-order valence-corrected chi connectivity index (χ3v) is 3.45. The summed E-state index contributed by atoms with van der Waals surface area (Å²) >= 11 is 0. The highest BCUT2D eigenvalue weighted by molar-refractivity contribution is 5.49. The van der Waals surface area contributed by atoms with E-state index in [1.807, 2.05) is 0 Å². The summed E-state index contributed by atoms with van der Waals surface area (Å²) < 4.78 is 0. The summed E-state index contributed by atoms with van der Waals surface area (Å²) in [5.41, 5.74) is 0. The lowest BCUT2D eigenvalue weighted by Gasteiger charge is -2.05. The molecule has 1 nitrogen and oxygen atoms in total. The van der Waals surface area contributed by atoms with Crippen molar-refractivity contribution < 1.29 is 4.79 Å². The average molecular weight is 152 g/mol. The molecule has 0 N–H and O–H groups in total. The zero-order valence-corrected chi connectivity index (χ0v) is 6.96. The van der Waals surface area contributed by atoms with E-state index < -0.39 is 0 Å². The Morgan fingerprint density at radius 1 is 1.18 bits per heavy atom. The summed E-state index contributed by atoms with van der Waals surface area (Å²) in [6.45, 7) is 0. The molecule has 2 rings (SSSR count). The lowest BCUT2D eigenvalue weighted by molar-refractivity contribution is -0.108. The van der Waals surface area contributed by atoms with Crippen molar-refractivity contribution in [2.45, 2.75) is 38.5 Å². The van der Waals surface area contributed by atoms with Crippen LogP contribution >= 0.6 is 0 Å². The molecule has 0 heterocycles. The molecular weight excluding hydrogens is 136 g/mol. The molecule has 0 aromatic heterocycles. The number of carbonyl (C=O) groups excluding carboxylic acids is 1. The van der Waals surface area contributed by atoms with E-state index >= 15 is 0 Å². The maximum atomic E-state index is 10.1. The number of carbonyl (C=O) groups is 1. The Kier molecular flexibility index (Phi) is 1.97. The van der Waals surface area contributed by atoms with Crippen molar-refractivity contribution in [3.05, 3.63) is 0 Å². The Hall–Kier alpha value is -0.330. The summed E-state index contributed by atoms with van der Waals surface area (Å²) in [6, 6.07) is 0. The van der Waals surface area contributed by atoms with Crippen LogP contribution < -0.4 is 0 Å². The fraction of sp³-hybridized carbons (Fsp3) is 0.900. The highest BCUT2D eigenvalue weighted by atomic mass is 16.1. The summed E-state index contributed by atoms with van der Waals surface area (Å²) in [6.07, 6.45) is 8.85. The topological polar surface area (TPSA) is 17.1 Å². The van der Waals surface area contributed by atoms with Crippen molar-refractivity contribution in [3.8, 4) is 0 Å². The minimum atomic E-state index is 0.803. The Bertz CT molecular complexity index is 141. The highest BCUT2D eigenvalue weighted by Gasteiger charge is 2.49. The maximum absolute atomic E-state index is 10.1. The van der Waals surface area contributed by atoms with Crippen LogP contribution in [0, 0.1) is 17.8 Å². The summed E-state index contributed by atoms with van der Waals surface area (Å²) in [5.74, 6) is 3.01. The Labute approximate surface area is 68.2 Å². The third kappa shape index (κ3) is 1.33. The number of hydrogen-bond acceptors (Lipinski definition) is 1. The molecule has 0 amide bonds. The van der Waals surface area contributed by atoms with Gasteiger partial charge in [0.1, 0.15) is 6.29 Å². The van der Waals surface area contributed by atoms with Crippen LogP contribution in [0.25, 0.3) is 0 Å². The van der Waals surface area contributed by atoms with E-state index in [4.69, 9.17) is 0 Å². The molecule has 2 unspecified atom stereocenters. The van der Waals surface area contributed by atoms with Gasteiger partial charge in [-0.3, -0.25) is 0 Å². The third-order valence-electron chi connectivity index (χ3n) is 3.45. The lowest BCUT2D eigenvalue weighted by atomic mass is 10.0. The van der Waals surface area contributed by atoms with Gasteiger partial charge in [0.2, 0.25) is 0 Å². The van der Waals surface area contributed by atoms with E-state index in [1.54, 1.807) is 0 Å². The Morgan fingerprint density at radius 3 is 2.36 bits per heavy atom. The molecule has 0 saturated heterocycles. The minimum absolute atomic E-state index is 0.803. The number of hydrogen-bond donors (Lipinski definition) is 0. The van der Waals surface area contributed by atoms with Crippen molar-refractivity contribution in [1.29, 1.82) is 0 Å². The molecule has 1 heteroatoms. The van der Waals surface area contributed by atoms with Crippen LogP contribution in [0.4, 0.5) is 0 Å². The second-order valence-electron chi connectivity index (χ2n) is 4.02. The molecule has 0 aliphatic heterocycles. The first-order valence-electron chi connectivity index (χ1n) is 4.87. The van der Waals surface area contributed by atoms with Gasteiger partial charge in [0, 0.05) is 6.42 Å². The molecule has 0 radical (unpaired) electrons. The normalized spacial score (nSPS) is 41.3. The molecule has 2 aliphatic rings. The van der Waals surface area contributed by atoms with Crippen molar-refractivity contribution in [1.82, 2.24) is 0 Å². The molecule has 0 bridgehead atoms. The number of rotatable bonds is 3. The van der Waals surface area contributed by atoms with Crippen molar-refractivity contribution >= 4 is 6.29 Å². The van der Waals surface area contributed by atoms with Gasteiger partial charge in [-0.15, -0.1) is 0 Å². The fourth-order valence-electron chi connectivity index (χ4n) is 2.83. The average Bonchev–Trinajstić information content (AvgIpc) is 2.75. The predicted molar refractivity (Wildman–Crippen MR) is 44.2 cm³/mol. The summed E-state index contributed by atoms with van der Waals surface area (Å²) in [4.78, 5) is 10.1. The van der Waals surface area contributed by atoms with Crippen LogP contribution in [-0.2, 0) is 4.79 Å². The SMILES string of the molecule is O=CCCC1C2CCCCC12. The predicted octanol–water partition coefficient (Wildman–Crippen LogP) is 2.40. The van der Waals surface area contributed by atoms with Gasteiger partial charge in [0.25, 0.3) is 0 Å². The molecule has 62 valence electrons. The van der Waals surface area contributed by atoms with Crippen molar-refractivity contribution in [2.75, 3.05) is 0 Å². The van der Waals surface area contributed by atoms with Gasteiger partial charge in [0.15, 0.2) is 0 Å². The molecule has 2 fully saturated rings. The van der Waals surface area contributed by atoms with Crippen LogP contribution in [0.5, 0.6) is 0 Å². The quantitative estimate of drug-likeness (QED) is 0.567. The fourth-order valence-corrected chi connectivity index (χ4v) is 2.83. The second-order valence-corrected chi connectivity index (χ2v) is 4.02. The van der Waals surface area contributed by atoms with Gasteiger partial charge in [-0.2, -0.15) is 0 Å². The smallest absolute Gasteiger partial charge is 0.120 e. The molecule has 2 atom stereocenters. The van der Waals surface area contributed by atoms with Crippen LogP contribution in [0.15, 0.2) is 0 Å². The largest absolute Gasteiger partial charge is 0.303 e. The van der Waals surface area contributed by atoms with Gasteiger partial charge in [0.05, 0.1) is 0 Å². The van der Waals surface area contributed by atoms with E-state index in [1.165, 1.54) is 32.1 Å². The van der Waals surface area contributed by atoms with E-state index in [-0.39, 0.29) is 0 Å². The van der Waals surface area contributed by atoms with Gasteiger partial charge in [-0.05, 0) is 37.0 Å². The highest BCUT2D eigenvalue weighted by Crippen LogP contribution is 2.57. The molecule has 11 heavy (non-hydrogen) atoms. The number of fused-ring (bicyclic) bond motifs is 1. The molecule has 0 spiro atoms. The number of aldehydes is 1. The van der Waals surface area contributed by atoms with Gasteiger partial charge in [-0.1, -0.05) is 12.8 Å². The first kappa shape index (κ1) is 7.33. The van der Waals surface area contributed by atoms with Crippen LogP contribution in [0.2, 0.25) is 0 Å². The summed E-state index contributed by atoms with van der Waals surface area (Å²) in [5, 5.41) is 0. The van der Waals surface area contributed by atoms with Gasteiger partial charge in [-0.25, -0.2) is 0 Å². The Morgan fingerprint density at radius 2 is 1.82 bits per heavy atom. The lowest BCUT2D eigenvalue weighted by Crippen LogP contribution is -1.91. The van der Waals surface area contributed by atoms with Crippen LogP contribution in [0.1, 0.15) is 38.5 Å². The molecular formula is C10H16O. The van der Waals surface area contributed by atoms with E-state index in [0.717, 1.165) is 30.5 Å². The maximum Gasteiger partial charge on any atom is 0.120 e. The van der Waals surface area contributed by atoms with Crippen LogP contribution in [-0.4, -0.2) is 6.29 Å². The van der Waals surface area contributed by atoms with E-state index in [2.05, 4.69) is 0 Å². The molecule has 0 aromatic carbocycles. The zero-order valence-electron chi connectivity index (χ0n) is 6.96. The molecule has 2 aliphatic carbocycles. The second kappa shape index (κ2) is 2.96. The monoisotopic (exact) mass is 152 g/mol. The Balaban J connectivity index is 1.76. The van der Waals surface area contributed by atoms with E-state index in [9.17, 15) is 4.79 Å². The molecule has 2 saturated carbocycles. The van der Waals surface area contributed by atoms with Crippen LogP contribution in [0.3, 0.4) is 0 Å². The molecule has 0 aromatic rings. The van der Waals surface area contributed by atoms with Crippen molar-refractivity contribution in [3.63, 3.8) is 0 Å².